The Bertz CT molecular complexity index is 489. The van der Waals surface area contributed by atoms with Crippen LogP contribution in [0.1, 0.15) is 28.4 Å². The lowest BCUT2D eigenvalue weighted by Crippen LogP contribution is -2.41. The number of carbonyl (C=O) groups excluding carboxylic acids is 1. The molecule has 1 saturated heterocycles. The molecule has 2 aliphatic heterocycles. The number of hydrogen-bond acceptors (Lipinski definition) is 3. The number of carbonyl (C=O) groups is 1. The van der Waals surface area contributed by atoms with E-state index in [9.17, 15) is 4.79 Å². The average Bonchev–Trinajstić information content (AvgIpc) is 2.46. The average molecular weight is 276 g/mol. The number of rotatable bonds is 1. The first-order valence-electron chi connectivity index (χ1n) is 6.97. The highest BCUT2D eigenvalue weighted by Gasteiger charge is 2.23. The summed E-state index contributed by atoms with van der Waals surface area (Å²) in [7, 11) is 0. The number of amides is 1. The SMILES string of the molecule is CC1CN(C(=O)c2ccc3c(c2)CNCC3)CCS1. The maximum atomic E-state index is 12.5. The minimum Gasteiger partial charge on any atom is -0.337 e. The number of benzene rings is 1. The van der Waals surface area contributed by atoms with Gasteiger partial charge in [0.25, 0.3) is 5.91 Å². The second-order valence-corrected chi connectivity index (χ2v) is 6.89. The molecule has 1 fully saturated rings. The Balaban J connectivity index is 1.79. The number of fused-ring (bicyclic) bond motifs is 1. The van der Waals surface area contributed by atoms with Crippen LogP contribution < -0.4 is 5.32 Å². The molecule has 3 nitrogen and oxygen atoms in total. The van der Waals surface area contributed by atoms with Crippen molar-refractivity contribution in [3.05, 3.63) is 34.9 Å². The Morgan fingerprint density at radius 3 is 3.16 bits per heavy atom. The highest BCUT2D eigenvalue weighted by Crippen LogP contribution is 2.21. The molecule has 0 spiro atoms. The van der Waals surface area contributed by atoms with E-state index < -0.39 is 0 Å². The van der Waals surface area contributed by atoms with E-state index in [4.69, 9.17) is 0 Å². The van der Waals surface area contributed by atoms with Crippen LogP contribution in [0.3, 0.4) is 0 Å². The van der Waals surface area contributed by atoms with Crippen molar-refractivity contribution in [2.45, 2.75) is 25.1 Å². The number of nitrogens with one attached hydrogen (secondary N) is 1. The van der Waals surface area contributed by atoms with Crippen molar-refractivity contribution in [2.24, 2.45) is 0 Å². The van der Waals surface area contributed by atoms with Crippen molar-refractivity contribution >= 4 is 17.7 Å². The molecule has 0 bridgehead atoms. The smallest absolute Gasteiger partial charge is 0.253 e. The van der Waals surface area contributed by atoms with Gasteiger partial charge >= 0.3 is 0 Å². The number of thioether (sulfide) groups is 1. The molecule has 1 unspecified atom stereocenters. The third-order valence-corrected chi connectivity index (χ3v) is 5.00. The van der Waals surface area contributed by atoms with E-state index in [-0.39, 0.29) is 5.91 Å². The quantitative estimate of drug-likeness (QED) is 0.850. The molecule has 0 aliphatic carbocycles. The van der Waals surface area contributed by atoms with Gasteiger partial charge in [-0.2, -0.15) is 11.8 Å². The van der Waals surface area contributed by atoms with Crippen molar-refractivity contribution in [2.75, 3.05) is 25.4 Å². The van der Waals surface area contributed by atoms with E-state index in [1.165, 1.54) is 11.1 Å². The third kappa shape index (κ3) is 2.79. The fourth-order valence-corrected chi connectivity index (χ4v) is 3.81. The summed E-state index contributed by atoms with van der Waals surface area (Å²) in [6.45, 7) is 5.88. The first-order valence-corrected chi connectivity index (χ1v) is 8.02. The van der Waals surface area contributed by atoms with Crippen LogP contribution in [-0.4, -0.2) is 41.4 Å². The van der Waals surface area contributed by atoms with E-state index >= 15 is 0 Å². The van der Waals surface area contributed by atoms with Crippen LogP contribution in [0, 0.1) is 0 Å². The van der Waals surface area contributed by atoms with Gasteiger partial charge in [-0.1, -0.05) is 13.0 Å². The summed E-state index contributed by atoms with van der Waals surface area (Å²) in [4.78, 5) is 14.5. The molecule has 1 aromatic carbocycles. The Morgan fingerprint density at radius 1 is 1.42 bits per heavy atom. The summed E-state index contributed by atoms with van der Waals surface area (Å²) in [5, 5.41) is 3.92. The molecule has 4 heteroatoms. The first kappa shape index (κ1) is 13.0. The lowest BCUT2D eigenvalue weighted by atomic mass is 9.98. The minimum atomic E-state index is 0.195. The Morgan fingerprint density at radius 2 is 2.32 bits per heavy atom. The van der Waals surface area contributed by atoms with E-state index in [1.807, 2.05) is 22.7 Å². The molecule has 1 amide bonds. The zero-order chi connectivity index (χ0) is 13.2. The molecule has 0 saturated carbocycles. The lowest BCUT2D eigenvalue weighted by molar-refractivity contribution is 0.0763. The van der Waals surface area contributed by atoms with Crippen LogP contribution in [-0.2, 0) is 13.0 Å². The summed E-state index contributed by atoms with van der Waals surface area (Å²) in [5.41, 5.74) is 3.52. The number of nitrogens with zero attached hydrogens (tertiary/aromatic N) is 1. The van der Waals surface area contributed by atoms with Crippen molar-refractivity contribution in [3.63, 3.8) is 0 Å². The van der Waals surface area contributed by atoms with Crippen molar-refractivity contribution in [3.8, 4) is 0 Å². The molecule has 2 aliphatic rings. The van der Waals surface area contributed by atoms with E-state index in [2.05, 4.69) is 24.4 Å². The zero-order valence-corrected chi connectivity index (χ0v) is 12.1. The molecule has 0 aromatic heterocycles. The summed E-state index contributed by atoms with van der Waals surface area (Å²) in [5.74, 6) is 1.25. The Kier molecular flexibility index (Phi) is 3.80. The fraction of sp³-hybridized carbons (Fsp3) is 0.533. The second-order valence-electron chi connectivity index (χ2n) is 5.34. The second kappa shape index (κ2) is 5.55. The van der Waals surface area contributed by atoms with Crippen LogP contribution in [0.4, 0.5) is 0 Å². The monoisotopic (exact) mass is 276 g/mol. The van der Waals surface area contributed by atoms with Gasteiger partial charge in [0.2, 0.25) is 0 Å². The molecule has 1 atom stereocenters. The van der Waals surface area contributed by atoms with Crippen LogP contribution in [0.2, 0.25) is 0 Å². The van der Waals surface area contributed by atoms with Crippen LogP contribution >= 0.6 is 11.8 Å². The summed E-state index contributed by atoms with van der Waals surface area (Å²) < 4.78 is 0. The highest BCUT2D eigenvalue weighted by molar-refractivity contribution is 7.99. The van der Waals surface area contributed by atoms with Crippen LogP contribution in [0.25, 0.3) is 0 Å². The standard InChI is InChI=1S/C15H20N2OS/c1-11-10-17(6-7-19-11)15(18)13-3-2-12-4-5-16-9-14(12)8-13/h2-3,8,11,16H,4-7,9-10H2,1H3. The summed E-state index contributed by atoms with van der Waals surface area (Å²) in [6.07, 6.45) is 1.07. The van der Waals surface area contributed by atoms with Crippen molar-refractivity contribution in [1.82, 2.24) is 10.2 Å². The van der Waals surface area contributed by atoms with Crippen LogP contribution in [0.5, 0.6) is 0 Å². The molecule has 3 rings (SSSR count). The Labute approximate surface area is 118 Å². The Hall–Kier alpha value is -1.00. The first-order chi connectivity index (χ1) is 9.24. The van der Waals surface area contributed by atoms with Gasteiger partial charge in [-0.3, -0.25) is 4.79 Å². The highest BCUT2D eigenvalue weighted by atomic mass is 32.2. The number of hydrogen-bond donors (Lipinski definition) is 1. The van der Waals surface area contributed by atoms with Crippen LogP contribution in [0.15, 0.2) is 18.2 Å². The largest absolute Gasteiger partial charge is 0.337 e. The van der Waals surface area contributed by atoms with Gasteiger partial charge in [-0.25, -0.2) is 0 Å². The van der Waals surface area contributed by atoms with Gasteiger partial charge in [-0.15, -0.1) is 0 Å². The molecule has 1 N–H and O–H groups in total. The van der Waals surface area contributed by atoms with E-state index in [1.54, 1.807) is 0 Å². The van der Waals surface area contributed by atoms with E-state index in [0.29, 0.717) is 5.25 Å². The fourth-order valence-electron chi connectivity index (χ4n) is 2.80. The summed E-state index contributed by atoms with van der Waals surface area (Å²) in [6, 6.07) is 6.21. The third-order valence-electron chi connectivity index (χ3n) is 3.87. The molecular weight excluding hydrogens is 256 g/mol. The molecule has 2 heterocycles. The maximum Gasteiger partial charge on any atom is 0.253 e. The van der Waals surface area contributed by atoms with Crippen molar-refractivity contribution in [1.29, 1.82) is 0 Å². The van der Waals surface area contributed by atoms with Gasteiger partial charge in [0.05, 0.1) is 0 Å². The van der Waals surface area contributed by atoms with Gasteiger partial charge in [0.15, 0.2) is 0 Å². The topological polar surface area (TPSA) is 32.3 Å². The zero-order valence-electron chi connectivity index (χ0n) is 11.3. The molecule has 1 aromatic rings. The molecule has 19 heavy (non-hydrogen) atoms. The predicted octanol–water partition coefficient (Wildman–Crippen LogP) is 1.91. The van der Waals surface area contributed by atoms with Gasteiger partial charge < -0.3 is 10.2 Å². The van der Waals surface area contributed by atoms with Crippen molar-refractivity contribution < 1.29 is 4.79 Å². The van der Waals surface area contributed by atoms with Gasteiger partial charge in [-0.05, 0) is 36.2 Å². The predicted molar refractivity (Wildman–Crippen MR) is 79.7 cm³/mol. The molecule has 102 valence electrons. The molecular formula is C15H20N2OS. The summed E-state index contributed by atoms with van der Waals surface area (Å²) >= 11 is 1.95. The van der Waals surface area contributed by atoms with Gasteiger partial charge in [0.1, 0.15) is 0 Å². The minimum absolute atomic E-state index is 0.195. The van der Waals surface area contributed by atoms with Gasteiger partial charge in [0, 0.05) is 36.2 Å². The normalized spacial score (nSPS) is 23.0. The molecule has 0 radical (unpaired) electrons. The lowest BCUT2D eigenvalue weighted by Gasteiger charge is -2.31. The maximum absolute atomic E-state index is 12.5. The van der Waals surface area contributed by atoms with E-state index in [0.717, 1.165) is 43.9 Å².